The molecule has 0 unspecified atom stereocenters. The minimum atomic E-state index is -0.996. The number of aliphatic imine (C=N–C) groups is 1. The number of amidine groups is 1. The Morgan fingerprint density at radius 2 is 1.64 bits per heavy atom. The number of nitrogens with zero attached hydrogens (tertiary/aromatic N) is 7. The van der Waals surface area contributed by atoms with Crippen LogP contribution in [0, 0.1) is 0 Å². The highest BCUT2D eigenvalue weighted by Crippen LogP contribution is 2.30. The number of pyridine rings is 3. The molecule has 1 aliphatic rings. The van der Waals surface area contributed by atoms with Crippen molar-refractivity contribution < 1.29 is 9.90 Å². The fraction of sp³-hybridized carbons (Fsp3) is 0.111. The summed E-state index contributed by atoms with van der Waals surface area (Å²) in [5, 5.41) is 14.6. The van der Waals surface area contributed by atoms with E-state index in [0.717, 1.165) is 23.5 Å². The standard InChI is InChI=1S/C27H21N7O2/c35-27(36)20-9-2-1-8-19(20)26-30-14-7-15-33(26)24-17-18(21-10-3-5-12-28-21)16-23-31-25(32-34(23)24)22-11-4-6-13-29-22/h1-6,8-13,16-17H,7,14-15H2,(H,35,36). The molecule has 1 aromatic carbocycles. The summed E-state index contributed by atoms with van der Waals surface area (Å²) in [6, 6.07) is 22.2. The van der Waals surface area contributed by atoms with Gasteiger partial charge in [-0.2, -0.15) is 4.52 Å². The quantitative estimate of drug-likeness (QED) is 0.406. The molecule has 0 radical (unpaired) electrons. The van der Waals surface area contributed by atoms with Crippen molar-refractivity contribution in [3.63, 3.8) is 0 Å². The Morgan fingerprint density at radius 3 is 2.39 bits per heavy atom. The maximum Gasteiger partial charge on any atom is 0.336 e. The third-order valence-electron chi connectivity index (χ3n) is 6.01. The third-order valence-corrected chi connectivity index (χ3v) is 6.01. The molecular formula is C27H21N7O2. The van der Waals surface area contributed by atoms with Gasteiger partial charge in [0, 0.05) is 36.6 Å². The summed E-state index contributed by atoms with van der Waals surface area (Å²) in [6.45, 7) is 1.26. The predicted molar refractivity (Wildman–Crippen MR) is 136 cm³/mol. The first-order chi connectivity index (χ1) is 17.7. The van der Waals surface area contributed by atoms with E-state index in [1.807, 2.05) is 59.5 Å². The highest BCUT2D eigenvalue weighted by molar-refractivity contribution is 6.15. The van der Waals surface area contributed by atoms with E-state index in [4.69, 9.17) is 15.1 Å². The van der Waals surface area contributed by atoms with Crippen LogP contribution in [0.25, 0.3) is 28.4 Å². The van der Waals surface area contributed by atoms with Crippen molar-refractivity contribution in [2.75, 3.05) is 18.0 Å². The van der Waals surface area contributed by atoms with Gasteiger partial charge < -0.3 is 10.0 Å². The number of carboxylic acid groups (broad SMARTS) is 1. The molecule has 4 aromatic heterocycles. The average molecular weight is 476 g/mol. The number of rotatable bonds is 5. The maximum atomic E-state index is 12.0. The van der Waals surface area contributed by atoms with Crippen molar-refractivity contribution in [1.29, 1.82) is 0 Å². The minimum absolute atomic E-state index is 0.202. The fourth-order valence-corrected chi connectivity index (χ4v) is 4.37. The first-order valence-corrected chi connectivity index (χ1v) is 11.6. The van der Waals surface area contributed by atoms with E-state index < -0.39 is 5.97 Å². The van der Waals surface area contributed by atoms with Gasteiger partial charge >= 0.3 is 5.97 Å². The molecular weight excluding hydrogens is 454 g/mol. The van der Waals surface area contributed by atoms with Crippen LogP contribution in [0.3, 0.4) is 0 Å². The SMILES string of the molecule is O=C(O)c1ccccc1C1=NCCCN1c1cc(-c2ccccn2)cc2nc(-c3ccccn3)nn12. The summed E-state index contributed by atoms with van der Waals surface area (Å²) in [5.41, 5.74) is 3.72. The summed E-state index contributed by atoms with van der Waals surface area (Å²) in [4.78, 5) is 32.5. The number of aromatic carboxylic acids is 1. The molecule has 0 saturated carbocycles. The molecule has 0 bridgehead atoms. The molecule has 1 N–H and O–H groups in total. The van der Waals surface area contributed by atoms with Crippen molar-refractivity contribution in [2.24, 2.45) is 4.99 Å². The molecule has 1 aliphatic heterocycles. The first-order valence-electron chi connectivity index (χ1n) is 11.6. The van der Waals surface area contributed by atoms with Gasteiger partial charge in [-0.25, -0.2) is 9.78 Å². The zero-order chi connectivity index (χ0) is 24.5. The lowest BCUT2D eigenvalue weighted by atomic mass is 10.0. The second-order valence-electron chi connectivity index (χ2n) is 8.30. The smallest absolute Gasteiger partial charge is 0.336 e. The van der Waals surface area contributed by atoms with Gasteiger partial charge in [-0.3, -0.25) is 15.0 Å². The van der Waals surface area contributed by atoms with Crippen molar-refractivity contribution in [1.82, 2.24) is 24.6 Å². The molecule has 0 saturated heterocycles. The highest BCUT2D eigenvalue weighted by Gasteiger charge is 2.26. The second kappa shape index (κ2) is 9.03. The maximum absolute atomic E-state index is 12.0. The molecule has 6 rings (SSSR count). The summed E-state index contributed by atoms with van der Waals surface area (Å²) in [7, 11) is 0. The van der Waals surface area contributed by atoms with Crippen molar-refractivity contribution in [3.05, 3.63) is 96.3 Å². The minimum Gasteiger partial charge on any atom is -0.478 e. The second-order valence-corrected chi connectivity index (χ2v) is 8.30. The Labute approximate surface area is 206 Å². The number of hydrogen-bond acceptors (Lipinski definition) is 7. The Kier molecular flexibility index (Phi) is 5.42. The molecule has 9 heteroatoms. The van der Waals surface area contributed by atoms with Crippen LogP contribution in [0.5, 0.6) is 0 Å². The zero-order valence-corrected chi connectivity index (χ0v) is 19.2. The highest BCUT2D eigenvalue weighted by atomic mass is 16.4. The molecule has 36 heavy (non-hydrogen) atoms. The monoisotopic (exact) mass is 475 g/mol. The van der Waals surface area contributed by atoms with Gasteiger partial charge in [0.15, 0.2) is 5.65 Å². The molecule has 0 atom stereocenters. The normalized spacial score (nSPS) is 13.6. The van der Waals surface area contributed by atoms with Gasteiger partial charge in [-0.1, -0.05) is 30.3 Å². The summed E-state index contributed by atoms with van der Waals surface area (Å²) in [5.74, 6) is 0.816. The molecule has 9 nitrogen and oxygen atoms in total. The van der Waals surface area contributed by atoms with Gasteiger partial charge in [-0.15, -0.1) is 5.10 Å². The van der Waals surface area contributed by atoms with E-state index >= 15 is 0 Å². The van der Waals surface area contributed by atoms with Crippen LogP contribution in [0.4, 0.5) is 5.82 Å². The van der Waals surface area contributed by atoms with Crippen LogP contribution in [-0.2, 0) is 0 Å². The van der Waals surface area contributed by atoms with Crippen molar-refractivity contribution in [2.45, 2.75) is 6.42 Å². The van der Waals surface area contributed by atoms with E-state index in [-0.39, 0.29) is 5.56 Å². The van der Waals surface area contributed by atoms with Crippen LogP contribution < -0.4 is 4.90 Å². The lowest BCUT2D eigenvalue weighted by Crippen LogP contribution is -2.38. The lowest BCUT2D eigenvalue weighted by molar-refractivity contribution is 0.0696. The predicted octanol–water partition coefficient (Wildman–Crippen LogP) is 4.21. The van der Waals surface area contributed by atoms with Crippen LogP contribution in [-0.4, -0.2) is 54.6 Å². The lowest BCUT2D eigenvalue weighted by Gasteiger charge is -2.30. The molecule has 0 spiro atoms. The zero-order valence-electron chi connectivity index (χ0n) is 19.2. The molecule has 176 valence electrons. The third kappa shape index (κ3) is 3.86. The Bertz CT molecular complexity index is 1600. The number of anilines is 1. The van der Waals surface area contributed by atoms with Gasteiger partial charge in [0.25, 0.3) is 0 Å². The molecule has 0 aliphatic carbocycles. The first kappa shape index (κ1) is 21.6. The Morgan fingerprint density at radius 1 is 0.889 bits per heavy atom. The molecule has 5 aromatic rings. The van der Waals surface area contributed by atoms with Crippen LogP contribution in [0.1, 0.15) is 22.3 Å². The molecule has 0 fully saturated rings. The fourth-order valence-electron chi connectivity index (χ4n) is 4.37. The van der Waals surface area contributed by atoms with Gasteiger partial charge in [-0.05, 0) is 48.9 Å². The summed E-state index contributed by atoms with van der Waals surface area (Å²) in [6.07, 6.45) is 4.27. The Balaban J connectivity index is 1.57. The number of fused-ring (bicyclic) bond motifs is 1. The Hall–Kier alpha value is -4.92. The number of aromatic nitrogens is 5. The van der Waals surface area contributed by atoms with E-state index in [1.165, 1.54) is 0 Å². The van der Waals surface area contributed by atoms with E-state index in [9.17, 15) is 9.90 Å². The van der Waals surface area contributed by atoms with Crippen LogP contribution in [0.2, 0.25) is 0 Å². The van der Waals surface area contributed by atoms with Gasteiger partial charge in [0.05, 0.1) is 11.3 Å². The number of benzene rings is 1. The summed E-state index contributed by atoms with van der Waals surface area (Å²) >= 11 is 0. The average Bonchev–Trinajstić information content (AvgIpc) is 3.38. The van der Waals surface area contributed by atoms with Crippen molar-refractivity contribution in [3.8, 4) is 22.8 Å². The van der Waals surface area contributed by atoms with E-state index in [0.29, 0.717) is 41.7 Å². The van der Waals surface area contributed by atoms with Crippen LogP contribution >= 0.6 is 0 Å². The number of hydrogen-bond donors (Lipinski definition) is 1. The van der Waals surface area contributed by atoms with E-state index in [2.05, 4.69) is 9.97 Å². The van der Waals surface area contributed by atoms with E-state index in [1.54, 1.807) is 35.1 Å². The topological polar surface area (TPSA) is 109 Å². The summed E-state index contributed by atoms with van der Waals surface area (Å²) < 4.78 is 1.76. The molecule has 5 heterocycles. The van der Waals surface area contributed by atoms with Gasteiger partial charge in [0.1, 0.15) is 17.3 Å². The number of carbonyl (C=O) groups is 1. The van der Waals surface area contributed by atoms with Crippen molar-refractivity contribution >= 4 is 23.3 Å². The largest absolute Gasteiger partial charge is 0.478 e. The molecule has 0 amide bonds. The number of carboxylic acids is 1. The van der Waals surface area contributed by atoms with Gasteiger partial charge in [0.2, 0.25) is 5.82 Å². The van der Waals surface area contributed by atoms with Crippen LogP contribution in [0.15, 0.2) is 90.2 Å².